The third kappa shape index (κ3) is 4.97. The second kappa shape index (κ2) is 11.5. The van der Waals surface area contributed by atoms with Crippen molar-refractivity contribution in [2.24, 2.45) is 0 Å². The Balaban J connectivity index is 0.00000364. The molecule has 1 aliphatic rings. The summed E-state index contributed by atoms with van der Waals surface area (Å²) in [5.41, 5.74) is 8.26. The number of hydroxylamine groups is 1. The van der Waals surface area contributed by atoms with Gasteiger partial charge in [-0.2, -0.15) is 17.1 Å². The van der Waals surface area contributed by atoms with E-state index in [0.717, 1.165) is 38.3 Å². The first-order valence-electron chi connectivity index (χ1n) is 15.9. The van der Waals surface area contributed by atoms with E-state index in [9.17, 15) is 0 Å². The van der Waals surface area contributed by atoms with Gasteiger partial charge in [0.05, 0.1) is 11.1 Å². The van der Waals surface area contributed by atoms with Gasteiger partial charge in [0.1, 0.15) is 17.2 Å². The van der Waals surface area contributed by atoms with Crippen LogP contribution < -0.4 is 14.9 Å². The number of aryl methyl sites for hydroxylation is 2. The summed E-state index contributed by atoms with van der Waals surface area (Å²) in [6.07, 6.45) is 1.85. The van der Waals surface area contributed by atoms with Gasteiger partial charge < -0.3 is 9.30 Å². The molecule has 1 aliphatic heterocycles. The Kier molecular flexibility index (Phi) is 6.53. The van der Waals surface area contributed by atoms with Crippen molar-refractivity contribution in [3.05, 3.63) is 139 Å². The van der Waals surface area contributed by atoms with E-state index >= 15 is 0 Å². The van der Waals surface area contributed by atoms with Gasteiger partial charge in [-0.05, 0) is 71.8 Å². The maximum atomic E-state index is 7.96. The summed E-state index contributed by atoms with van der Waals surface area (Å²) < 4.78 is 32.3. The zero-order valence-electron chi connectivity index (χ0n) is 27.4. The molecule has 0 radical (unpaired) electrons. The standard InChI is InChI=1S/C38H28N4O2.Pt/c1-25-10-8-11-26(2)38(25)27-20-21-39-37(22-27)41-33-15-5-4-14-31(33)32-19-18-30(24-36(32)41)43-29-13-9-12-28(23-29)42-35-17-7-6-16-34(35)40(3)44-42;/h4-22H,1-3H3;/q-2;/p+1/i3D3;. The van der Waals surface area contributed by atoms with E-state index in [4.69, 9.17) is 13.8 Å². The largest absolute Gasteiger partial charge is 0.509 e. The molecule has 1 N–H and O–H groups in total. The van der Waals surface area contributed by atoms with Crippen LogP contribution in [-0.4, -0.2) is 21.5 Å². The number of ether oxygens (including phenoxy) is 1. The SMILES string of the molecule is [2H]C([2H])([2H])N1[OH+]N(c2[c-]c(Oc3[c-]c4c(cc3)c3ccccc3n4-c3cc(-c4c(C)cccc4C)ccn3)ccc2)c2ccccc21.[Pt]. The maximum absolute atomic E-state index is 7.96. The van der Waals surface area contributed by atoms with Crippen molar-refractivity contribution in [2.75, 3.05) is 17.1 Å². The molecular formula is C38H29N4O2Pt-. The smallest absolute Gasteiger partial charge is 0.145 e. The van der Waals surface area contributed by atoms with Crippen LogP contribution in [0.1, 0.15) is 15.2 Å². The molecule has 8 rings (SSSR count). The summed E-state index contributed by atoms with van der Waals surface area (Å²) in [6, 6.07) is 42.1. The number of hydrogen-bond donors (Lipinski definition) is 0. The number of nitrogens with zero attached hydrogens (tertiary/aromatic N) is 4. The molecule has 0 bridgehead atoms. The molecule has 0 spiro atoms. The summed E-state index contributed by atoms with van der Waals surface area (Å²) in [5, 5.41) is 4.73. The minimum absolute atomic E-state index is 0. The average Bonchev–Trinajstić information content (AvgIpc) is 3.62. The summed E-state index contributed by atoms with van der Waals surface area (Å²) in [6.45, 7) is 1.83. The second-order valence-electron chi connectivity index (χ2n) is 10.8. The van der Waals surface area contributed by atoms with Crippen LogP contribution in [0.4, 0.5) is 17.1 Å². The zero-order valence-corrected chi connectivity index (χ0v) is 26.7. The number of para-hydroxylation sites is 3. The summed E-state index contributed by atoms with van der Waals surface area (Å²) >= 11 is 0. The molecular weight excluding hydrogens is 740 g/mol. The Morgan fingerprint density at radius 1 is 0.756 bits per heavy atom. The number of pyridine rings is 1. The first-order valence-corrected chi connectivity index (χ1v) is 14.4. The first kappa shape index (κ1) is 25.4. The molecule has 3 heterocycles. The van der Waals surface area contributed by atoms with Crippen molar-refractivity contribution < 1.29 is 34.9 Å². The Hall–Kier alpha value is -4.90. The van der Waals surface area contributed by atoms with Gasteiger partial charge in [-0.15, -0.1) is 45.8 Å². The van der Waals surface area contributed by atoms with Gasteiger partial charge in [0.2, 0.25) is 0 Å². The molecule has 5 aromatic carbocycles. The quantitative estimate of drug-likeness (QED) is 0.129. The molecule has 7 aromatic rings. The van der Waals surface area contributed by atoms with Crippen LogP contribution >= 0.6 is 0 Å². The molecule has 0 amide bonds. The van der Waals surface area contributed by atoms with E-state index in [1.165, 1.54) is 16.7 Å². The monoisotopic (exact) mass is 771 g/mol. The van der Waals surface area contributed by atoms with Gasteiger partial charge in [0.15, 0.2) is 0 Å². The van der Waals surface area contributed by atoms with Crippen LogP contribution in [0.25, 0.3) is 38.8 Å². The minimum Gasteiger partial charge on any atom is -0.509 e. The van der Waals surface area contributed by atoms with Gasteiger partial charge in [0.25, 0.3) is 0 Å². The van der Waals surface area contributed by atoms with Crippen molar-refractivity contribution in [1.29, 1.82) is 0 Å². The minimum atomic E-state index is -2.44. The molecule has 224 valence electrons. The predicted molar refractivity (Wildman–Crippen MR) is 176 cm³/mol. The molecule has 6 nitrogen and oxygen atoms in total. The van der Waals surface area contributed by atoms with Crippen molar-refractivity contribution in [2.45, 2.75) is 13.8 Å². The third-order valence-corrected chi connectivity index (χ3v) is 8.02. The predicted octanol–water partition coefficient (Wildman–Crippen LogP) is 9.28. The van der Waals surface area contributed by atoms with Gasteiger partial charge in [0, 0.05) is 50.0 Å². The average molecular weight is 772 g/mol. The number of anilines is 3. The number of fused-ring (bicyclic) bond motifs is 4. The molecule has 0 aliphatic carbocycles. The fourth-order valence-electron chi connectivity index (χ4n) is 6.06. The Morgan fingerprint density at radius 2 is 1.51 bits per heavy atom. The fraction of sp³-hybridized carbons (Fsp3) is 0.0789. The van der Waals surface area contributed by atoms with E-state index < -0.39 is 6.98 Å². The summed E-state index contributed by atoms with van der Waals surface area (Å²) in [4.78, 5) is 9.21. The van der Waals surface area contributed by atoms with E-state index in [1.54, 1.807) is 23.3 Å². The fourth-order valence-corrected chi connectivity index (χ4v) is 6.06. The summed E-state index contributed by atoms with van der Waals surface area (Å²) in [5.74, 6) is 1.73. The van der Waals surface area contributed by atoms with E-state index in [-0.39, 0.29) is 21.1 Å². The molecule has 45 heavy (non-hydrogen) atoms. The van der Waals surface area contributed by atoms with Crippen LogP contribution in [-0.2, 0) is 21.1 Å². The molecule has 0 atom stereocenters. The van der Waals surface area contributed by atoms with E-state index in [0.29, 0.717) is 28.6 Å². The van der Waals surface area contributed by atoms with Crippen molar-refractivity contribution in [3.8, 4) is 28.4 Å². The van der Waals surface area contributed by atoms with Gasteiger partial charge in [-0.3, -0.25) is 0 Å². The van der Waals surface area contributed by atoms with E-state index in [1.807, 2.05) is 54.7 Å². The molecule has 0 fully saturated rings. The number of rotatable bonds is 5. The van der Waals surface area contributed by atoms with Crippen LogP contribution in [0.3, 0.4) is 0 Å². The van der Waals surface area contributed by atoms with Crippen molar-refractivity contribution in [3.63, 3.8) is 0 Å². The molecule has 0 unspecified atom stereocenters. The van der Waals surface area contributed by atoms with Crippen LogP contribution in [0.5, 0.6) is 11.5 Å². The number of benzene rings is 5. The Labute approximate surface area is 280 Å². The first-order chi connectivity index (χ1) is 22.8. The molecule has 0 saturated heterocycles. The maximum Gasteiger partial charge on any atom is 0.145 e. The Morgan fingerprint density at radius 3 is 2.36 bits per heavy atom. The van der Waals surface area contributed by atoms with Crippen molar-refractivity contribution >= 4 is 38.9 Å². The number of aromatic nitrogens is 2. The van der Waals surface area contributed by atoms with Crippen molar-refractivity contribution in [1.82, 2.24) is 9.55 Å². The third-order valence-electron chi connectivity index (χ3n) is 8.02. The Bertz CT molecular complexity index is 2300. The van der Waals surface area contributed by atoms with Crippen LogP contribution in [0.15, 0.2) is 115 Å². The molecule has 2 aromatic heterocycles. The molecule has 7 heteroatoms. The normalized spacial score (nSPS) is 13.7. The second-order valence-corrected chi connectivity index (χ2v) is 10.8. The van der Waals surface area contributed by atoms with E-state index in [2.05, 4.69) is 78.0 Å². The number of hydrogen-bond acceptors (Lipinski definition) is 4. The topological polar surface area (TPSA) is 46.3 Å². The van der Waals surface area contributed by atoms with Crippen LogP contribution in [0, 0.1) is 26.0 Å². The van der Waals surface area contributed by atoms with Gasteiger partial charge >= 0.3 is 0 Å². The van der Waals surface area contributed by atoms with Gasteiger partial charge in [-0.1, -0.05) is 54.0 Å². The summed E-state index contributed by atoms with van der Waals surface area (Å²) in [7, 11) is 0. The zero-order chi connectivity index (χ0) is 32.3. The van der Waals surface area contributed by atoms with Crippen LogP contribution in [0.2, 0.25) is 0 Å². The van der Waals surface area contributed by atoms with Gasteiger partial charge in [-0.25, -0.2) is 4.98 Å². The molecule has 0 saturated carbocycles.